The van der Waals surface area contributed by atoms with E-state index in [1.54, 1.807) is 0 Å². The molecule has 1 rings (SSSR count). The molecule has 2 heteroatoms. The van der Waals surface area contributed by atoms with Crippen LogP contribution in [-0.4, -0.2) is 7.05 Å². The van der Waals surface area contributed by atoms with E-state index in [1.165, 1.54) is 16.7 Å². The molecule has 1 nitrogen and oxygen atoms in total. The molecule has 0 aliphatic carbocycles. The molecule has 12 heavy (non-hydrogen) atoms. The molecule has 0 aliphatic rings. The summed E-state index contributed by atoms with van der Waals surface area (Å²) in [7, 11) is 1.94. The lowest BCUT2D eigenvalue weighted by Gasteiger charge is -2.08. The van der Waals surface area contributed by atoms with E-state index >= 15 is 0 Å². The van der Waals surface area contributed by atoms with Crippen molar-refractivity contribution in [2.75, 3.05) is 7.05 Å². The molecular formula is C10H14ClN. The van der Waals surface area contributed by atoms with Crippen LogP contribution in [-0.2, 0) is 6.54 Å². The van der Waals surface area contributed by atoms with Gasteiger partial charge in [-0.15, -0.1) is 0 Å². The van der Waals surface area contributed by atoms with Gasteiger partial charge in [0.2, 0.25) is 0 Å². The van der Waals surface area contributed by atoms with Crippen molar-refractivity contribution in [1.82, 2.24) is 5.32 Å². The molecule has 0 saturated carbocycles. The lowest BCUT2D eigenvalue weighted by atomic mass is 10.0. The molecule has 0 aliphatic heterocycles. The van der Waals surface area contributed by atoms with Crippen molar-refractivity contribution in [3.63, 3.8) is 0 Å². The zero-order valence-electron chi connectivity index (χ0n) is 7.74. The Hall–Kier alpha value is -0.530. The molecule has 0 bridgehead atoms. The van der Waals surface area contributed by atoms with E-state index in [1.807, 2.05) is 19.2 Å². The second-order valence-electron chi connectivity index (χ2n) is 3.04. The Morgan fingerprint density at radius 1 is 1.33 bits per heavy atom. The van der Waals surface area contributed by atoms with E-state index < -0.39 is 0 Å². The molecule has 0 unspecified atom stereocenters. The van der Waals surface area contributed by atoms with Gasteiger partial charge in [-0.3, -0.25) is 0 Å². The summed E-state index contributed by atoms with van der Waals surface area (Å²) in [4.78, 5) is 0. The molecule has 0 radical (unpaired) electrons. The highest BCUT2D eigenvalue weighted by molar-refractivity contribution is 6.30. The Labute approximate surface area is 78.7 Å². The van der Waals surface area contributed by atoms with Crippen molar-refractivity contribution in [2.45, 2.75) is 20.4 Å². The number of rotatable bonds is 2. The fraction of sp³-hybridized carbons (Fsp3) is 0.400. The largest absolute Gasteiger partial charge is 0.316 e. The number of aryl methyl sites for hydroxylation is 1. The normalized spacial score (nSPS) is 10.3. The van der Waals surface area contributed by atoms with Crippen molar-refractivity contribution >= 4 is 11.6 Å². The molecule has 1 aromatic carbocycles. The monoisotopic (exact) mass is 183 g/mol. The van der Waals surface area contributed by atoms with Crippen molar-refractivity contribution in [3.8, 4) is 0 Å². The molecule has 0 heterocycles. The van der Waals surface area contributed by atoms with Gasteiger partial charge in [-0.1, -0.05) is 11.6 Å². The lowest BCUT2D eigenvalue weighted by molar-refractivity contribution is 0.811. The minimum Gasteiger partial charge on any atom is -0.316 e. The third kappa shape index (κ3) is 1.99. The van der Waals surface area contributed by atoms with Gasteiger partial charge in [-0.05, 0) is 49.7 Å². The van der Waals surface area contributed by atoms with Gasteiger partial charge in [0, 0.05) is 11.6 Å². The quantitative estimate of drug-likeness (QED) is 0.744. The number of benzene rings is 1. The van der Waals surface area contributed by atoms with Crippen LogP contribution in [0, 0.1) is 13.8 Å². The zero-order chi connectivity index (χ0) is 9.14. The van der Waals surface area contributed by atoms with E-state index in [-0.39, 0.29) is 0 Å². The van der Waals surface area contributed by atoms with Crippen LogP contribution in [0.25, 0.3) is 0 Å². The van der Waals surface area contributed by atoms with Crippen LogP contribution in [0.4, 0.5) is 0 Å². The van der Waals surface area contributed by atoms with E-state index in [0.717, 1.165) is 11.6 Å². The molecule has 0 fully saturated rings. The second-order valence-corrected chi connectivity index (χ2v) is 3.47. The molecule has 0 saturated heterocycles. The summed E-state index contributed by atoms with van der Waals surface area (Å²) in [5.74, 6) is 0. The minimum atomic E-state index is 0.823. The highest BCUT2D eigenvalue weighted by atomic mass is 35.5. The molecule has 1 N–H and O–H groups in total. The molecular weight excluding hydrogens is 170 g/mol. The zero-order valence-corrected chi connectivity index (χ0v) is 8.50. The third-order valence-corrected chi connectivity index (χ3v) is 2.33. The summed E-state index contributed by atoms with van der Waals surface area (Å²) in [6.45, 7) is 5.09. The fourth-order valence-electron chi connectivity index (χ4n) is 1.26. The number of halogens is 1. The van der Waals surface area contributed by atoms with E-state index in [2.05, 4.69) is 19.2 Å². The first kappa shape index (κ1) is 9.56. The average Bonchev–Trinajstić information content (AvgIpc) is 2.00. The molecule has 1 aromatic rings. The number of hydrogen-bond acceptors (Lipinski definition) is 1. The van der Waals surface area contributed by atoms with Crippen LogP contribution in [0.3, 0.4) is 0 Å². The fourth-order valence-corrected chi connectivity index (χ4v) is 1.55. The predicted molar refractivity (Wildman–Crippen MR) is 53.7 cm³/mol. The number of hydrogen-bond donors (Lipinski definition) is 1. The van der Waals surface area contributed by atoms with Crippen LogP contribution >= 0.6 is 11.6 Å². The van der Waals surface area contributed by atoms with Crippen molar-refractivity contribution in [2.24, 2.45) is 0 Å². The van der Waals surface area contributed by atoms with Gasteiger partial charge >= 0.3 is 0 Å². The van der Waals surface area contributed by atoms with Gasteiger partial charge in [0.1, 0.15) is 0 Å². The average molecular weight is 184 g/mol. The Kier molecular flexibility index (Phi) is 3.12. The first-order chi connectivity index (χ1) is 5.65. The topological polar surface area (TPSA) is 12.0 Å². The Morgan fingerprint density at radius 2 is 2.00 bits per heavy atom. The molecule has 0 spiro atoms. The van der Waals surface area contributed by atoms with E-state index in [4.69, 9.17) is 11.6 Å². The van der Waals surface area contributed by atoms with Gasteiger partial charge in [-0.2, -0.15) is 0 Å². The summed E-state index contributed by atoms with van der Waals surface area (Å²) in [6.07, 6.45) is 0. The predicted octanol–water partition coefficient (Wildman–Crippen LogP) is 2.68. The van der Waals surface area contributed by atoms with Crippen LogP contribution in [0.5, 0.6) is 0 Å². The van der Waals surface area contributed by atoms with Crippen LogP contribution in [0.1, 0.15) is 16.7 Å². The maximum atomic E-state index is 5.93. The van der Waals surface area contributed by atoms with Crippen LogP contribution in [0.2, 0.25) is 5.02 Å². The maximum absolute atomic E-state index is 5.93. The van der Waals surface area contributed by atoms with Gasteiger partial charge < -0.3 is 5.32 Å². The van der Waals surface area contributed by atoms with E-state index in [9.17, 15) is 0 Å². The van der Waals surface area contributed by atoms with Gasteiger partial charge in [0.05, 0.1) is 0 Å². The summed E-state index contributed by atoms with van der Waals surface area (Å²) in [5.41, 5.74) is 3.86. The van der Waals surface area contributed by atoms with Crippen molar-refractivity contribution in [3.05, 3.63) is 33.8 Å². The molecule has 0 atom stereocenters. The minimum absolute atomic E-state index is 0.823. The maximum Gasteiger partial charge on any atom is 0.0412 e. The Bertz CT molecular complexity index is 281. The van der Waals surface area contributed by atoms with Crippen molar-refractivity contribution < 1.29 is 0 Å². The number of nitrogens with one attached hydrogen (secondary N) is 1. The Morgan fingerprint density at radius 3 is 2.58 bits per heavy atom. The first-order valence-corrected chi connectivity index (χ1v) is 4.43. The van der Waals surface area contributed by atoms with Gasteiger partial charge in [0.15, 0.2) is 0 Å². The highest BCUT2D eigenvalue weighted by Gasteiger charge is 2.01. The highest BCUT2D eigenvalue weighted by Crippen LogP contribution is 2.19. The third-order valence-electron chi connectivity index (χ3n) is 2.11. The molecule has 0 aromatic heterocycles. The smallest absolute Gasteiger partial charge is 0.0412 e. The molecule has 0 amide bonds. The van der Waals surface area contributed by atoms with Gasteiger partial charge in [0.25, 0.3) is 0 Å². The van der Waals surface area contributed by atoms with Crippen LogP contribution < -0.4 is 5.32 Å². The summed E-state index contributed by atoms with van der Waals surface area (Å²) < 4.78 is 0. The Balaban J connectivity index is 3.09. The standard InChI is InChI=1S/C10H14ClN/c1-7-4-10(11)5-9(6-12-3)8(7)2/h4-5,12H,6H2,1-3H3. The van der Waals surface area contributed by atoms with E-state index in [0.29, 0.717) is 0 Å². The summed E-state index contributed by atoms with van der Waals surface area (Å²) >= 11 is 5.93. The molecule has 66 valence electrons. The first-order valence-electron chi connectivity index (χ1n) is 4.05. The van der Waals surface area contributed by atoms with Crippen molar-refractivity contribution in [1.29, 1.82) is 0 Å². The lowest BCUT2D eigenvalue weighted by Crippen LogP contribution is -2.07. The SMILES string of the molecule is CNCc1cc(Cl)cc(C)c1C. The summed E-state index contributed by atoms with van der Waals surface area (Å²) in [6, 6.07) is 4.01. The van der Waals surface area contributed by atoms with Gasteiger partial charge in [-0.25, -0.2) is 0 Å². The summed E-state index contributed by atoms with van der Waals surface area (Å²) in [5, 5.41) is 3.94. The second kappa shape index (κ2) is 3.92. The van der Waals surface area contributed by atoms with Crippen LogP contribution in [0.15, 0.2) is 12.1 Å².